The Kier molecular flexibility index (Phi) is 33.9. The molecule has 0 bridgehead atoms. The van der Waals surface area contributed by atoms with Crippen LogP contribution in [-0.4, -0.2) is 68.9 Å². The standard InChI is InChI=1S/C64H106O8SSi/c1-9-14-33-40-68-59-47-53-54-48-60(69-41-34-15-10-2)62(71-43-36-17-12-4)50-56(54)58-52-64(63(72-44-37-18-13-5)51-57(58)55(53)49-61(59)70-42-35-16-11-3)73-45-38-31-29-27-25-23-21-19-20-22-24-26-28-30-32-39-46-74(65-6,66-7)67-8/h47-52H,9-46H2,1-8H3. The second-order valence-corrected chi connectivity index (χ2v) is 25.1. The van der Waals surface area contributed by atoms with Gasteiger partial charge in [-0.3, -0.25) is 0 Å². The van der Waals surface area contributed by atoms with Crippen molar-refractivity contribution < 1.29 is 37.0 Å². The minimum atomic E-state index is -2.40. The van der Waals surface area contributed by atoms with Crippen LogP contribution in [0.4, 0.5) is 0 Å². The molecule has 0 aliphatic heterocycles. The molecule has 8 nitrogen and oxygen atoms in total. The van der Waals surface area contributed by atoms with Crippen LogP contribution in [0.25, 0.3) is 32.3 Å². The van der Waals surface area contributed by atoms with Gasteiger partial charge in [0.1, 0.15) is 5.75 Å². The van der Waals surface area contributed by atoms with Crippen molar-refractivity contribution in [3.8, 4) is 28.7 Å². The molecule has 0 saturated carbocycles. The van der Waals surface area contributed by atoms with Gasteiger partial charge >= 0.3 is 8.80 Å². The lowest BCUT2D eigenvalue weighted by atomic mass is 9.93. The molecule has 0 fully saturated rings. The summed E-state index contributed by atoms with van der Waals surface area (Å²) in [5.41, 5.74) is 0. The second-order valence-electron chi connectivity index (χ2n) is 20.9. The predicted molar refractivity (Wildman–Crippen MR) is 320 cm³/mol. The first kappa shape index (κ1) is 63.6. The van der Waals surface area contributed by atoms with Gasteiger partial charge in [0.15, 0.2) is 23.0 Å². The van der Waals surface area contributed by atoms with E-state index in [1.807, 2.05) is 11.8 Å². The number of hydrogen-bond acceptors (Lipinski definition) is 9. The molecule has 4 aromatic rings. The Morgan fingerprint density at radius 2 is 0.554 bits per heavy atom. The van der Waals surface area contributed by atoms with E-state index in [-0.39, 0.29) is 0 Å². The highest BCUT2D eigenvalue weighted by Gasteiger charge is 2.36. The summed E-state index contributed by atoms with van der Waals surface area (Å²) >= 11 is 1.97. The Labute approximate surface area is 457 Å². The van der Waals surface area contributed by atoms with Gasteiger partial charge in [0, 0.05) is 27.4 Å². The summed E-state index contributed by atoms with van der Waals surface area (Å²) in [5.74, 6) is 5.38. The third-order valence-electron chi connectivity index (χ3n) is 14.7. The minimum Gasteiger partial charge on any atom is -0.492 e. The van der Waals surface area contributed by atoms with Crippen LogP contribution in [0.5, 0.6) is 28.7 Å². The van der Waals surface area contributed by atoms with E-state index in [0.29, 0.717) is 26.4 Å². The molecule has 10 heteroatoms. The van der Waals surface area contributed by atoms with Gasteiger partial charge in [-0.05, 0) is 119 Å². The molecule has 74 heavy (non-hydrogen) atoms. The number of fused-ring (bicyclic) bond motifs is 6. The number of benzene rings is 4. The van der Waals surface area contributed by atoms with E-state index in [2.05, 4.69) is 71.0 Å². The molecule has 0 N–H and O–H groups in total. The molecule has 420 valence electrons. The number of hydrogen-bond donors (Lipinski definition) is 0. The van der Waals surface area contributed by atoms with Gasteiger partial charge in [-0.25, -0.2) is 0 Å². The van der Waals surface area contributed by atoms with Crippen LogP contribution in [-0.2, 0) is 13.3 Å². The summed E-state index contributed by atoms with van der Waals surface area (Å²) in [5, 5.41) is 7.02. The Morgan fingerprint density at radius 1 is 0.297 bits per heavy atom. The Hall–Kier alpha value is -2.89. The lowest BCUT2D eigenvalue weighted by Crippen LogP contribution is -2.42. The van der Waals surface area contributed by atoms with Crippen LogP contribution in [0.1, 0.15) is 234 Å². The second kappa shape index (κ2) is 39.5. The van der Waals surface area contributed by atoms with Crippen molar-refractivity contribution >= 4 is 52.9 Å². The number of unbranched alkanes of at least 4 members (excludes halogenated alkanes) is 25. The van der Waals surface area contributed by atoms with Gasteiger partial charge in [0.05, 0.1) is 37.9 Å². The Morgan fingerprint density at radius 3 is 0.851 bits per heavy atom. The quantitative estimate of drug-likeness (QED) is 0.0186. The summed E-state index contributed by atoms with van der Waals surface area (Å²) in [6.07, 6.45) is 37.8. The van der Waals surface area contributed by atoms with E-state index >= 15 is 0 Å². The summed E-state index contributed by atoms with van der Waals surface area (Å²) in [7, 11) is 2.72. The van der Waals surface area contributed by atoms with E-state index in [1.165, 1.54) is 124 Å². The first-order valence-electron chi connectivity index (χ1n) is 30.4. The zero-order valence-corrected chi connectivity index (χ0v) is 50.3. The van der Waals surface area contributed by atoms with Crippen molar-refractivity contribution in [2.75, 3.05) is 60.1 Å². The first-order valence-corrected chi connectivity index (χ1v) is 33.3. The molecule has 0 aromatic heterocycles. The lowest BCUT2D eigenvalue weighted by molar-refractivity contribution is 0.122. The third kappa shape index (κ3) is 22.6. The van der Waals surface area contributed by atoms with Crippen LogP contribution >= 0.6 is 11.8 Å². The van der Waals surface area contributed by atoms with Crippen molar-refractivity contribution in [2.45, 2.75) is 245 Å². The molecule has 0 amide bonds. The summed E-state index contributed by atoms with van der Waals surface area (Å²) in [4.78, 5) is 1.23. The molecule has 0 spiro atoms. The van der Waals surface area contributed by atoms with Crippen LogP contribution < -0.4 is 23.7 Å². The fraction of sp³-hybridized carbons (Fsp3) is 0.719. The molecular weight excluding hydrogens is 957 g/mol. The van der Waals surface area contributed by atoms with Gasteiger partial charge in [0.25, 0.3) is 0 Å². The van der Waals surface area contributed by atoms with Crippen molar-refractivity contribution in [1.82, 2.24) is 0 Å². The minimum absolute atomic E-state index is 0.668. The molecule has 4 rings (SSSR count). The van der Waals surface area contributed by atoms with Gasteiger partial charge in [-0.2, -0.15) is 0 Å². The number of thioether (sulfide) groups is 1. The average molecular weight is 1060 g/mol. The molecule has 0 atom stereocenters. The first-order chi connectivity index (χ1) is 36.4. The third-order valence-corrected chi connectivity index (χ3v) is 18.7. The molecule has 0 radical (unpaired) electrons. The summed E-state index contributed by atoms with van der Waals surface area (Å²) < 4.78 is 50.0. The van der Waals surface area contributed by atoms with Crippen molar-refractivity contribution in [3.63, 3.8) is 0 Å². The van der Waals surface area contributed by atoms with Crippen molar-refractivity contribution in [3.05, 3.63) is 36.4 Å². The van der Waals surface area contributed by atoms with Crippen LogP contribution in [0, 0.1) is 0 Å². The maximum Gasteiger partial charge on any atom is 0.500 e. The van der Waals surface area contributed by atoms with Crippen molar-refractivity contribution in [1.29, 1.82) is 0 Å². The molecule has 0 saturated heterocycles. The highest BCUT2D eigenvalue weighted by Crippen LogP contribution is 2.47. The maximum atomic E-state index is 6.79. The molecule has 0 heterocycles. The van der Waals surface area contributed by atoms with E-state index in [0.717, 1.165) is 160 Å². The van der Waals surface area contributed by atoms with Crippen LogP contribution in [0.2, 0.25) is 6.04 Å². The molecule has 0 aliphatic carbocycles. The van der Waals surface area contributed by atoms with E-state index in [4.69, 9.17) is 37.0 Å². The zero-order chi connectivity index (χ0) is 52.9. The maximum absolute atomic E-state index is 6.79. The topological polar surface area (TPSA) is 73.8 Å². The van der Waals surface area contributed by atoms with Gasteiger partial charge in [0.2, 0.25) is 0 Å². The molecule has 4 aromatic carbocycles. The van der Waals surface area contributed by atoms with E-state index in [9.17, 15) is 0 Å². The number of ether oxygens (including phenoxy) is 5. The van der Waals surface area contributed by atoms with Crippen molar-refractivity contribution in [2.24, 2.45) is 0 Å². The van der Waals surface area contributed by atoms with E-state index < -0.39 is 8.80 Å². The summed E-state index contributed by atoms with van der Waals surface area (Å²) in [6, 6.07) is 14.7. The van der Waals surface area contributed by atoms with Gasteiger partial charge in [-0.15, -0.1) is 11.8 Å². The largest absolute Gasteiger partial charge is 0.500 e. The highest BCUT2D eigenvalue weighted by atomic mass is 32.2. The monoisotopic (exact) mass is 1060 g/mol. The van der Waals surface area contributed by atoms with Crippen LogP contribution in [0.15, 0.2) is 41.3 Å². The predicted octanol–water partition coefficient (Wildman–Crippen LogP) is 20.2. The molecule has 0 unspecified atom stereocenters. The SMILES string of the molecule is CCCCCOc1cc2c3cc(OCCCCC)c(OCCCCC)cc3c3cc(SCCCCCCCCCCCCCCCCCC[Si](OC)(OC)OC)c(OCCCCC)cc3c2cc1OCCCCC. The Balaban J connectivity index is 1.49. The smallest absolute Gasteiger partial charge is 0.492 e. The molecule has 0 aliphatic rings. The fourth-order valence-corrected chi connectivity index (χ4v) is 12.8. The zero-order valence-electron chi connectivity index (χ0n) is 48.5. The van der Waals surface area contributed by atoms with E-state index in [1.54, 1.807) is 21.3 Å². The fourth-order valence-electron chi connectivity index (χ4n) is 10.0. The average Bonchev–Trinajstić information content (AvgIpc) is 3.42. The normalized spacial score (nSPS) is 11.9. The lowest BCUT2D eigenvalue weighted by Gasteiger charge is -2.24. The van der Waals surface area contributed by atoms with Crippen LogP contribution in [0.3, 0.4) is 0 Å². The number of rotatable bonds is 48. The molecular formula is C64H106O8SSi. The Bertz CT molecular complexity index is 2020. The van der Waals surface area contributed by atoms with Gasteiger partial charge in [-0.1, -0.05) is 189 Å². The summed E-state index contributed by atoms with van der Waals surface area (Å²) in [6.45, 7) is 14.6. The highest BCUT2D eigenvalue weighted by molar-refractivity contribution is 7.99. The van der Waals surface area contributed by atoms with Gasteiger partial charge < -0.3 is 37.0 Å².